The second-order valence-electron chi connectivity index (χ2n) is 4.62. The summed E-state index contributed by atoms with van der Waals surface area (Å²) in [6, 6.07) is 7.26. The number of pyridine rings is 2. The van der Waals surface area contributed by atoms with Gasteiger partial charge in [0.1, 0.15) is 5.01 Å². The first-order chi connectivity index (χ1) is 10.8. The summed E-state index contributed by atoms with van der Waals surface area (Å²) in [6.07, 6.45) is 7.43. The van der Waals surface area contributed by atoms with Crippen LogP contribution in [0.4, 0.5) is 0 Å². The molecule has 1 N–H and O–H groups in total. The number of hydrogen-bond donors (Lipinski definition) is 1. The Balaban J connectivity index is 1.55. The molecule has 3 aromatic heterocycles. The lowest BCUT2D eigenvalue weighted by atomic mass is 10.2. The predicted octanol–water partition coefficient (Wildman–Crippen LogP) is 2.57. The highest BCUT2D eigenvalue weighted by atomic mass is 32.1. The van der Waals surface area contributed by atoms with Gasteiger partial charge in [-0.2, -0.15) is 0 Å². The molecule has 0 saturated carbocycles. The zero-order valence-corrected chi connectivity index (χ0v) is 12.6. The fourth-order valence-electron chi connectivity index (χ4n) is 1.96. The Kier molecular flexibility index (Phi) is 4.50. The minimum atomic E-state index is -0.0908. The number of hydrogen-bond acceptors (Lipinski definition) is 5. The molecule has 0 fully saturated rings. The van der Waals surface area contributed by atoms with Crippen molar-refractivity contribution in [3.63, 3.8) is 0 Å². The van der Waals surface area contributed by atoms with Gasteiger partial charge in [-0.3, -0.25) is 14.8 Å². The van der Waals surface area contributed by atoms with Crippen molar-refractivity contribution in [2.45, 2.75) is 6.42 Å². The van der Waals surface area contributed by atoms with E-state index in [0.717, 1.165) is 16.3 Å². The highest BCUT2D eigenvalue weighted by Crippen LogP contribution is 2.22. The van der Waals surface area contributed by atoms with Crippen LogP contribution in [0.5, 0.6) is 0 Å². The van der Waals surface area contributed by atoms with Crippen molar-refractivity contribution in [1.29, 1.82) is 0 Å². The maximum Gasteiger partial charge on any atom is 0.251 e. The third-order valence-electron chi connectivity index (χ3n) is 3.09. The van der Waals surface area contributed by atoms with Gasteiger partial charge in [-0.1, -0.05) is 0 Å². The highest BCUT2D eigenvalue weighted by molar-refractivity contribution is 7.13. The summed E-state index contributed by atoms with van der Waals surface area (Å²) in [6.45, 7) is 0.556. The topological polar surface area (TPSA) is 67.8 Å². The van der Waals surface area contributed by atoms with Crippen LogP contribution in [0.3, 0.4) is 0 Å². The van der Waals surface area contributed by atoms with Crippen molar-refractivity contribution in [2.75, 3.05) is 6.54 Å². The molecule has 110 valence electrons. The molecule has 0 aliphatic heterocycles. The maximum absolute atomic E-state index is 11.9. The smallest absolute Gasteiger partial charge is 0.251 e. The van der Waals surface area contributed by atoms with E-state index in [2.05, 4.69) is 20.3 Å². The summed E-state index contributed by atoms with van der Waals surface area (Å²) >= 11 is 1.60. The lowest BCUT2D eigenvalue weighted by Crippen LogP contribution is -2.25. The van der Waals surface area contributed by atoms with E-state index in [9.17, 15) is 4.79 Å². The minimum absolute atomic E-state index is 0.0908. The molecule has 0 bridgehead atoms. The summed E-state index contributed by atoms with van der Waals surface area (Å²) in [4.78, 5) is 24.4. The average molecular weight is 310 g/mol. The van der Waals surface area contributed by atoms with E-state index >= 15 is 0 Å². The van der Waals surface area contributed by atoms with E-state index in [1.165, 1.54) is 0 Å². The predicted molar refractivity (Wildman–Crippen MR) is 85.6 cm³/mol. The summed E-state index contributed by atoms with van der Waals surface area (Å²) in [5.41, 5.74) is 2.66. The van der Waals surface area contributed by atoms with Crippen molar-refractivity contribution in [1.82, 2.24) is 20.3 Å². The molecule has 0 aliphatic rings. The minimum Gasteiger partial charge on any atom is -0.352 e. The van der Waals surface area contributed by atoms with E-state index in [-0.39, 0.29) is 5.91 Å². The van der Waals surface area contributed by atoms with Crippen molar-refractivity contribution >= 4 is 17.2 Å². The van der Waals surface area contributed by atoms with Crippen LogP contribution in [0.15, 0.2) is 54.4 Å². The number of carbonyl (C=O) groups excluding carboxylic acids is 1. The van der Waals surface area contributed by atoms with Gasteiger partial charge in [-0.15, -0.1) is 11.3 Å². The fraction of sp³-hybridized carbons (Fsp3) is 0.125. The van der Waals surface area contributed by atoms with Crippen molar-refractivity contribution in [3.05, 3.63) is 65.7 Å². The number of aromatic nitrogens is 3. The zero-order valence-electron chi connectivity index (χ0n) is 11.8. The number of carbonyl (C=O) groups is 1. The molecule has 6 heteroatoms. The molecule has 0 radical (unpaired) electrons. The standard InChI is InChI=1S/C16H14N4OS/c21-15(12-1-6-17-7-2-12)19-10-5-14-11-22-16(20-14)13-3-8-18-9-4-13/h1-4,6-9,11H,5,10H2,(H,19,21). The molecule has 3 heterocycles. The first-order valence-electron chi connectivity index (χ1n) is 6.86. The SMILES string of the molecule is O=C(NCCc1csc(-c2ccncc2)n1)c1ccncc1. The Bertz CT molecular complexity index is 743. The number of nitrogens with zero attached hydrogens (tertiary/aromatic N) is 3. The van der Waals surface area contributed by atoms with Crippen LogP contribution in [0.25, 0.3) is 10.6 Å². The van der Waals surface area contributed by atoms with Gasteiger partial charge in [0.2, 0.25) is 0 Å². The maximum atomic E-state index is 11.9. The summed E-state index contributed by atoms with van der Waals surface area (Å²) in [5.74, 6) is -0.0908. The lowest BCUT2D eigenvalue weighted by molar-refractivity contribution is 0.0954. The molecule has 0 saturated heterocycles. The highest BCUT2D eigenvalue weighted by Gasteiger charge is 2.06. The van der Waals surface area contributed by atoms with Crippen LogP contribution in [0.2, 0.25) is 0 Å². The van der Waals surface area contributed by atoms with Gasteiger partial charge in [-0.05, 0) is 24.3 Å². The van der Waals surface area contributed by atoms with Crippen LogP contribution < -0.4 is 5.32 Å². The van der Waals surface area contributed by atoms with E-state index in [4.69, 9.17) is 0 Å². The van der Waals surface area contributed by atoms with Gasteiger partial charge in [0.25, 0.3) is 5.91 Å². The second-order valence-corrected chi connectivity index (χ2v) is 5.48. The number of thiazole rings is 1. The molecular formula is C16H14N4OS. The second kappa shape index (κ2) is 6.91. The van der Waals surface area contributed by atoms with Crippen molar-refractivity contribution in [3.8, 4) is 10.6 Å². The summed E-state index contributed by atoms with van der Waals surface area (Å²) in [7, 11) is 0. The van der Waals surface area contributed by atoms with Gasteiger partial charge in [-0.25, -0.2) is 4.98 Å². The Hall–Kier alpha value is -2.60. The largest absolute Gasteiger partial charge is 0.352 e. The van der Waals surface area contributed by atoms with E-state index in [0.29, 0.717) is 18.5 Å². The third kappa shape index (κ3) is 3.53. The Morgan fingerprint density at radius 2 is 1.73 bits per heavy atom. The van der Waals surface area contributed by atoms with Gasteiger partial charge in [0, 0.05) is 54.3 Å². The van der Waals surface area contributed by atoms with Gasteiger partial charge >= 0.3 is 0 Å². The van der Waals surface area contributed by atoms with E-state index in [1.54, 1.807) is 48.3 Å². The molecular weight excluding hydrogens is 296 g/mol. The van der Waals surface area contributed by atoms with E-state index < -0.39 is 0 Å². The normalized spacial score (nSPS) is 10.4. The molecule has 3 aromatic rings. The van der Waals surface area contributed by atoms with E-state index in [1.807, 2.05) is 17.5 Å². The Morgan fingerprint density at radius 3 is 2.45 bits per heavy atom. The van der Waals surface area contributed by atoms with Gasteiger partial charge < -0.3 is 5.32 Å². The van der Waals surface area contributed by atoms with Crippen molar-refractivity contribution in [2.24, 2.45) is 0 Å². The van der Waals surface area contributed by atoms with Crippen LogP contribution in [-0.4, -0.2) is 27.4 Å². The van der Waals surface area contributed by atoms with Crippen LogP contribution in [0.1, 0.15) is 16.1 Å². The van der Waals surface area contributed by atoms with Crippen LogP contribution in [-0.2, 0) is 6.42 Å². The van der Waals surface area contributed by atoms with Crippen molar-refractivity contribution < 1.29 is 4.79 Å². The third-order valence-corrected chi connectivity index (χ3v) is 4.03. The first-order valence-corrected chi connectivity index (χ1v) is 7.74. The van der Waals surface area contributed by atoms with Gasteiger partial charge in [0.15, 0.2) is 0 Å². The molecule has 0 unspecified atom stereocenters. The molecule has 5 nitrogen and oxygen atoms in total. The number of amides is 1. The quantitative estimate of drug-likeness (QED) is 0.786. The molecule has 1 amide bonds. The molecule has 0 atom stereocenters. The molecule has 0 aromatic carbocycles. The first kappa shape index (κ1) is 14.3. The monoisotopic (exact) mass is 310 g/mol. The molecule has 0 aliphatic carbocycles. The fourth-order valence-corrected chi connectivity index (χ4v) is 2.82. The summed E-state index contributed by atoms with van der Waals surface area (Å²) < 4.78 is 0. The summed E-state index contributed by atoms with van der Waals surface area (Å²) in [5, 5.41) is 5.88. The Labute approximate surface area is 132 Å². The Morgan fingerprint density at radius 1 is 1.05 bits per heavy atom. The van der Waals surface area contributed by atoms with Crippen LogP contribution >= 0.6 is 11.3 Å². The molecule has 22 heavy (non-hydrogen) atoms. The number of nitrogens with one attached hydrogen (secondary N) is 1. The molecule has 0 spiro atoms. The average Bonchev–Trinajstić information content (AvgIpc) is 3.05. The van der Waals surface area contributed by atoms with Gasteiger partial charge in [0.05, 0.1) is 5.69 Å². The molecule has 3 rings (SSSR count). The lowest BCUT2D eigenvalue weighted by Gasteiger charge is -2.03. The van der Waals surface area contributed by atoms with Crippen LogP contribution in [0, 0.1) is 0 Å². The zero-order chi connectivity index (χ0) is 15.2. The number of rotatable bonds is 5.